The van der Waals surface area contributed by atoms with E-state index >= 15 is 0 Å². The van der Waals surface area contributed by atoms with Crippen molar-refractivity contribution in [1.29, 1.82) is 0 Å². The van der Waals surface area contributed by atoms with Crippen LogP contribution in [0.25, 0.3) is 0 Å². The van der Waals surface area contributed by atoms with E-state index in [-0.39, 0.29) is 11.3 Å². The Morgan fingerprint density at radius 2 is 2.08 bits per heavy atom. The highest BCUT2D eigenvalue weighted by Gasteiger charge is 2.29. The van der Waals surface area contributed by atoms with Crippen molar-refractivity contribution < 1.29 is 4.79 Å². The van der Waals surface area contributed by atoms with Gasteiger partial charge in [-0.05, 0) is 5.41 Å². The summed E-state index contributed by atoms with van der Waals surface area (Å²) in [6.07, 6.45) is 5.09. The molecule has 13 heavy (non-hydrogen) atoms. The Hall–Kier alpha value is -1.01. The lowest BCUT2D eigenvalue weighted by atomic mass is 9.86. The van der Waals surface area contributed by atoms with E-state index in [2.05, 4.69) is 5.92 Å². The van der Waals surface area contributed by atoms with Crippen LogP contribution in [0.2, 0.25) is 0 Å². The first-order valence-electron chi connectivity index (χ1n) is 4.24. The molecular weight excluding hydrogens is 164 g/mol. The molecule has 0 aromatic rings. The van der Waals surface area contributed by atoms with Crippen LogP contribution in [-0.4, -0.2) is 30.4 Å². The van der Waals surface area contributed by atoms with Crippen molar-refractivity contribution in [2.45, 2.75) is 26.8 Å². The minimum atomic E-state index is -0.495. The molecular formula is C10H18N2O. The van der Waals surface area contributed by atoms with Crippen LogP contribution >= 0.6 is 0 Å². The molecule has 0 heterocycles. The first-order valence-corrected chi connectivity index (χ1v) is 4.24. The van der Waals surface area contributed by atoms with E-state index in [9.17, 15) is 4.79 Å². The molecule has 0 radical (unpaired) electrons. The first kappa shape index (κ1) is 12.0. The normalized spacial score (nSPS) is 13.2. The standard InChI is InChI=1S/C10H18N2O/c1-6-7-12(5)9(13)8(11)10(2,3)4/h1,8H,7,11H2,2-5H3/t8-/m1/s1. The molecule has 0 spiro atoms. The molecule has 0 aromatic carbocycles. The average Bonchev–Trinajstić information content (AvgIpc) is 2.00. The van der Waals surface area contributed by atoms with Crippen molar-refractivity contribution in [1.82, 2.24) is 4.90 Å². The Balaban J connectivity index is 4.36. The third-order valence-electron chi connectivity index (χ3n) is 1.90. The van der Waals surface area contributed by atoms with Crippen LogP contribution in [0.3, 0.4) is 0 Å². The molecule has 0 aromatic heterocycles. The van der Waals surface area contributed by atoms with E-state index in [1.54, 1.807) is 7.05 Å². The highest BCUT2D eigenvalue weighted by molar-refractivity contribution is 5.82. The fourth-order valence-corrected chi connectivity index (χ4v) is 0.823. The van der Waals surface area contributed by atoms with Gasteiger partial charge in [-0.2, -0.15) is 0 Å². The van der Waals surface area contributed by atoms with Gasteiger partial charge in [-0.25, -0.2) is 0 Å². The van der Waals surface area contributed by atoms with Crippen LogP contribution in [0, 0.1) is 17.8 Å². The van der Waals surface area contributed by atoms with Crippen molar-refractivity contribution in [3.8, 4) is 12.3 Å². The maximum absolute atomic E-state index is 11.6. The minimum Gasteiger partial charge on any atom is -0.333 e. The summed E-state index contributed by atoms with van der Waals surface area (Å²) in [5.41, 5.74) is 5.54. The van der Waals surface area contributed by atoms with Gasteiger partial charge in [0.1, 0.15) is 0 Å². The fraction of sp³-hybridized carbons (Fsp3) is 0.700. The predicted molar refractivity (Wildman–Crippen MR) is 53.9 cm³/mol. The van der Waals surface area contributed by atoms with Crippen LogP contribution in [0.15, 0.2) is 0 Å². The minimum absolute atomic E-state index is 0.106. The van der Waals surface area contributed by atoms with Crippen molar-refractivity contribution in [2.75, 3.05) is 13.6 Å². The molecule has 0 saturated carbocycles. The summed E-state index contributed by atoms with van der Waals surface area (Å²) >= 11 is 0. The van der Waals surface area contributed by atoms with Crippen molar-refractivity contribution >= 4 is 5.91 Å². The number of rotatable bonds is 2. The molecule has 0 saturated heterocycles. The maximum atomic E-state index is 11.6. The number of terminal acetylenes is 1. The largest absolute Gasteiger partial charge is 0.333 e. The van der Waals surface area contributed by atoms with Crippen LogP contribution in [0.5, 0.6) is 0 Å². The summed E-state index contributed by atoms with van der Waals surface area (Å²) in [5, 5.41) is 0. The number of amides is 1. The summed E-state index contributed by atoms with van der Waals surface area (Å²) in [6, 6.07) is -0.495. The lowest BCUT2D eigenvalue weighted by molar-refractivity contribution is -0.133. The fourth-order valence-electron chi connectivity index (χ4n) is 0.823. The summed E-state index contributed by atoms with van der Waals surface area (Å²) in [5.74, 6) is 2.30. The molecule has 0 unspecified atom stereocenters. The van der Waals surface area contributed by atoms with Crippen LogP contribution < -0.4 is 5.73 Å². The maximum Gasteiger partial charge on any atom is 0.240 e. The molecule has 74 valence electrons. The molecule has 0 fully saturated rings. The predicted octanol–water partition coefficient (Wildman–Crippen LogP) is 0.451. The zero-order valence-corrected chi connectivity index (χ0v) is 8.79. The number of nitrogens with two attached hydrogens (primary N) is 1. The van der Waals surface area contributed by atoms with Gasteiger partial charge in [-0.15, -0.1) is 6.42 Å². The Bertz CT molecular complexity index is 222. The van der Waals surface area contributed by atoms with E-state index in [1.807, 2.05) is 20.8 Å². The zero-order chi connectivity index (χ0) is 10.6. The van der Waals surface area contributed by atoms with Crippen molar-refractivity contribution in [3.05, 3.63) is 0 Å². The molecule has 1 amide bonds. The topological polar surface area (TPSA) is 46.3 Å². The van der Waals surface area contributed by atoms with Crippen LogP contribution in [-0.2, 0) is 4.79 Å². The summed E-state index contributed by atoms with van der Waals surface area (Å²) in [7, 11) is 1.66. The van der Waals surface area contributed by atoms with Gasteiger partial charge in [0.05, 0.1) is 12.6 Å². The van der Waals surface area contributed by atoms with E-state index in [0.717, 1.165) is 0 Å². The molecule has 0 aliphatic rings. The van der Waals surface area contributed by atoms with Gasteiger partial charge in [-0.3, -0.25) is 4.79 Å². The number of nitrogens with zero attached hydrogens (tertiary/aromatic N) is 1. The Morgan fingerprint density at radius 1 is 1.62 bits per heavy atom. The van der Waals surface area contributed by atoms with Gasteiger partial charge < -0.3 is 10.6 Å². The van der Waals surface area contributed by atoms with Gasteiger partial charge in [0.15, 0.2) is 0 Å². The summed E-state index contributed by atoms with van der Waals surface area (Å²) in [6.45, 7) is 6.10. The van der Waals surface area contributed by atoms with Crippen molar-refractivity contribution in [3.63, 3.8) is 0 Å². The second-order valence-electron chi connectivity index (χ2n) is 4.24. The Kier molecular flexibility index (Phi) is 3.96. The van der Waals surface area contributed by atoms with E-state index in [0.29, 0.717) is 6.54 Å². The molecule has 3 heteroatoms. The Labute approximate surface area is 80.3 Å². The van der Waals surface area contributed by atoms with E-state index in [1.165, 1.54) is 4.90 Å². The molecule has 2 N–H and O–H groups in total. The summed E-state index contributed by atoms with van der Waals surface area (Å²) < 4.78 is 0. The third-order valence-corrected chi connectivity index (χ3v) is 1.90. The molecule has 0 rings (SSSR count). The number of carbonyl (C=O) groups excluding carboxylic acids is 1. The number of hydrogen-bond acceptors (Lipinski definition) is 2. The molecule has 0 bridgehead atoms. The van der Waals surface area contributed by atoms with Gasteiger partial charge in [-0.1, -0.05) is 26.7 Å². The monoisotopic (exact) mass is 182 g/mol. The quantitative estimate of drug-likeness (QED) is 0.630. The molecule has 1 atom stereocenters. The van der Waals surface area contributed by atoms with Crippen LogP contribution in [0.1, 0.15) is 20.8 Å². The average molecular weight is 182 g/mol. The lowest BCUT2D eigenvalue weighted by Crippen LogP contribution is -2.49. The van der Waals surface area contributed by atoms with Gasteiger partial charge in [0, 0.05) is 7.05 Å². The van der Waals surface area contributed by atoms with Gasteiger partial charge >= 0.3 is 0 Å². The van der Waals surface area contributed by atoms with Gasteiger partial charge in [0.25, 0.3) is 0 Å². The molecule has 0 aliphatic heterocycles. The number of hydrogen-bond donors (Lipinski definition) is 1. The highest BCUT2D eigenvalue weighted by atomic mass is 16.2. The molecule has 3 nitrogen and oxygen atoms in total. The Morgan fingerprint density at radius 3 is 2.38 bits per heavy atom. The first-order chi connectivity index (χ1) is 5.80. The number of carbonyl (C=O) groups is 1. The third kappa shape index (κ3) is 3.47. The van der Waals surface area contributed by atoms with Crippen molar-refractivity contribution in [2.24, 2.45) is 11.1 Å². The van der Waals surface area contributed by atoms with Gasteiger partial charge in [0.2, 0.25) is 5.91 Å². The van der Waals surface area contributed by atoms with Crippen LogP contribution in [0.4, 0.5) is 0 Å². The molecule has 0 aliphatic carbocycles. The number of likely N-dealkylation sites (N-methyl/N-ethyl adjacent to an activating group) is 1. The summed E-state index contributed by atoms with van der Waals surface area (Å²) in [4.78, 5) is 13.1. The smallest absolute Gasteiger partial charge is 0.240 e. The highest BCUT2D eigenvalue weighted by Crippen LogP contribution is 2.18. The SMILES string of the molecule is C#CCN(C)C(=O)[C@@H](N)C(C)(C)C. The van der Waals surface area contributed by atoms with E-state index < -0.39 is 6.04 Å². The second kappa shape index (κ2) is 4.29. The lowest BCUT2D eigenvalue weighted by Gasteiger charge is -2.29. The zero-order valence-electron chi connectivity index (χ0n) is 8.79. The second-order valence-corrected chi connectivity index (χ2v) is 4.24. The van der Waals surface area contributed by atoms with E-state index in [4.69, 9.17) is 12.2 Å².